The van der Waals surface area contributed by atoms with Crippen LogP contribution in [0.5, 0.6) is 0 Å². The molecule has 6 amide bonds. The molecule has 0 saturated carbocycles. The van der Waals surface area contributed by atoms with Gasteiger partial charge in [-0.25, -0.2) is 4.98 Å². The first kappa shape index (κ1) is 105. The predicted octanol–water partition coefficient (Wildman–Crippen LogP) is 21.1. The Balaban J connectivity index is 0.000000295. The number of amides is 6. The fraction of sp³-hybridized carbons (Fsp3) is 0.375. The summed E-state index contributed by atoms with van der Waals surface area (Å²) in [4.78, 5) is 80.2. The number of nitrogens with two attached hydrogens (primary N) is 1. The van der Waals surface area contributed by atoms with Gasteiger partial charge >= 0.3 is 0 Å². The van der Waals surface area contributed by atoms with E-state index in [1.165, 1.54) is 62.0 Å². The van der Waals surface area contributed by atoms with E-state index in [0.717, 1.165) is 44.7 Å². The Morgan fingerprint density at radius 3 is 1.40 bits per heavy atom. The Morgan fingerprint density at radius 1 is 0.456 bits per heavy atom. The van der Waals surface area contributed by atoms with Crippen LogP contribution < -0.4 is 32.3 Å². The third kappa shape index (κ3) is 33.9. The summed E-state index contributed by atoms with van der Waals surface area (Å²) in [5.41, 5.74) is 23.7. The number of carbonyl (C=O) groups is 6. The lowest BCUT2D eigenvalue weighted by atomic mass is 9.96. The molecular weight excluding hydrogens is 1560 g/mol. The molecule has 13 N–H and O–H groups in total. The summed E-state index contributed by atoms with van der Waals surface area (Å²) < 4.78 is 0. The number of aromatic nitrogens is 5. The van der Waals surface area contributed by atoms with Gasteiger partial charge in [0.2, 0.25) is 17.7 Å². The Labute approximate surface area is 742 Å². The first-order chi connectivity index (χ1) is 58.9. The van der Waals surface area contributed by atoms with E-state index in [0.29, 0.717) is 76.0 Å². The average Bonchev–Trinajstić information content (AvgIpc) is 1.40. The van der Waals surface area contributed by atoms with Gasteiger partial charge in [-0.2, -0.15) is 5.10 Å². The van der Waals surface area contributed by atoms with Crippen molar-refractivity contribution < 1.29 is 49.2 Å². The molecule has 12 aromatic rings. The van der Waals surface area contributed by atoms with Crippen molar-refractivity contribution in [2.45, 2.75) is 231 Å². The van der Waals surface area contributed by atoms with Crippen molar-refractivity contribution in [3.63, 3.8) is 0 Å². The number of anilines is 2. The van der Waals surface area contributed by atoms with Crippen LogP contribution in [0, 0.1) is 0 Å². The van der Waals surface area contributed by atoms with Gasteiger partial charge in [0, 0.05) is 99.6 Å². The number of nitrogens with zero attached hydrogens (tertiary/aromatic N) is 3. The van der Waals surface area contributed by atoms with Crippen LogP contribution in [0.1, 0.15) is 303 Å². The molecule has 13 rings (SSSR count). The molecule has 4 aromatic heterocycles. The fourth-order valence-electron chi connectivity index (χ4n) is 13.6. The Kier molecular flexibility index (Phi) is 45.4. The summed E-state index contributed by atoms with van der Waals surface area (Å²) in [6.45, 7) is 42.7. The summed E-state index contributed by atoms with van der Waals surface area (Å²) in [5, 5.41) is 61.4. The van der Waals surface area contributed by atoms with Crippen LogP contribution in [0.15, 0.2) is 225 Å². The second kappa shape index (κ2) is 53.9. The maximum Gasteiger partial charge on any atom is 0.251 e. The van der Waals surface area contributed by atoms with Gasteiger partial charge in [0.15, 0.2) is 5.65 Å². The number of rotatable bonds is 21. The van der Waals surface area contributed by atoms with Gasteiger partial charge in [-0.3, -0.25) is 38.8 Å². The van der Waals surface area contributed by atoms with Crippen molar-refractivity contribution in [3.8, 4) is 0 Å². The van der Waals surface area contributed by atoms with Crippen molar-refractivity contribution in [1.29, 1.82) is 0 Å². The minimum Gasteiger partial charge on any atom is -0.394 e. The highest BCUT2D eigenvalue weighted by atomic mass is 16.3. The summed E-state index contributed by atoms with van der Waals surface area (Å²) in [6, 6.07) is 62.1. The molecule has 2 atom stereocenters. The van der Waals surface area contributed by atoms with Crippen molar-refractivity contribution in [2.24, 2.45) is 5.73 Å². The number of aliphatic hydroxyl groups excluding tert-OH is 4. The van der Waals surface area contributed by atoms with E-state index < -0.39 is 12.1 Å². The van der Waals surface area contributed by atoms with Crippen molar-refractivity contribution in [1.82, 2.24) is 41.1 Å². The number of nitrogens with one attached hydrogen (secondary N) is 7. The number of fused-ring (bicyclic) bond motifs is 4. The number of pyridine rings is 2. The standard InChI is InChI=1S/C13H19NO3.2C13H19NO2.C12H13N.C11H13NO.C11H15NO.C11H13N.C10H13NO.C9H11N3.CH4/c1-9(2)11-5-3-4-6-12(11)13(17)14-10(7-15)8-16;1-9(2)11-6-4-5-7-12(11)13(16)14-10(3)8-15;1-9(2)11-6-4-5-7-12(11)13(16)14-8-10(3)15;1-9(2)11-5-3-4-10-6-7-13-8-12(10)11;1-7(2)8-4-3-5-10-9(8)6-11(13)12-10;1-8(2)10-5-4-6-11(7-10)12-9(3)13;1-8(2)9-4-3-5-11-10(9)6-7-12-11;1-7(2)8-5-3-4-6-9(8)10(11)12;1-6(2)7-3-4-10-9-8(7)5-11-12-9;/h3-6,9-10,15-16H,7-8H2,1-2H3,(H,14,17);2*4-7,9-10,15H,8H2,1-3H3,(H,14,16);3-9H,1-2H3;3-5,7H,6H2,1-2H3,(H,12,13);4-8H,1-3H3,(H,12,13);3-8,12H,1-2H3;3-7H,1-2H3,(H2,11,12);3-6H,1-2H3,(H,10,11,12);1H4. The lowest BCUT2D eigenvalue weighted by Crippen LogP contribution is -2.40. The molecule has 2 unspecified atom stereocenters. The molecule has 125 heavy (non-hydrogen) atoms. The van der Waals surface area contributed by atoms with Crippen LogP contribution in [0.25, 0.3) is 32.7 Å². The number of primary amides is 1. The van der Waals surface area contributed by atoms with Gasteiger partial charge in [0.1, 0.15) is 0 Å². The first-order valence-electron chi connectivity index (χ1n) is 43.0. The van der Waals surface area contributed by atoms with E-state index in [1.807, 2.05) is 174 Å². The number of aliphatic hydroxyl groups is 4. The van der Waals surface area contributed by atoms with E-state index in [2.05, 4.69) is 209 Å². The molecule has 1 aliphatic rings. The topological polar surface area (TPSA) is 340 Å². The molecule has 0 saturated heterocycles. The Bertz CT molecular complexity index is 5220. The normalized spacial score (nSPS) is 11.6. The molecule has 8 aromatic carbocycles. The van der Waals surface area contributed by atoms with Crippen LogP contribution in [-0.4, -0.2) is 126 Å². The number of H-pyrrole nitrogens is 2. The lowest BCUT2D eigenvalue weighted by Gasteiger charge is -2.16. The van der Waals surface area contributed by atoms with E-state index in [-0.39, 0.29) is 81.2 Å². The van der Waals surface area contributed by atoms with Crippen LogP contribution in [0.2, 0.25) is 0 Å². The number of hydrogen-bond donors (Lipinski definition) is 12. The maximum absolute atomic E-state index is 12.0. The zero-order valence-electron chi connectivity index (χ0n) is 76.5. The molecule has 5 heterocycles. The summed E-state index contributed by atoms with van der Waals surface area (Å²) in [5.74, 6) is 3.12. The SMILES string of the molecule is C.CC(=O)Nc1cccc(C(C)C)c1.CC(C)c1cccc2[nH]ccc12.CC(C)c1cccc2c1CC(=O)N2.CC(C)c1cccc2ccncc12.CC(C)c1ccccc1C(=O)NC(CO)CO.CC(C)c1ccccc1C(N)=O.CC(C)c1ccnc2[nH]ncc12.CC(CO)NC(=O)c1ccccc1C(C)C.CC(O)CNC(=O)c1ccccc1C(C)C. The van der Waals surface area contributed by atoms with Gasteiger partial charge in [-0.15, -0.1) is 0 Å². The van der Waals surface area contributed by atoms with Gasteiger partial charge in [0.25, 0.3) is 17.7 Å². The quantitative estimate of drug-likeness (QED) is 0.0319. The predicted molar refractivity (Wildman–Crippen MR) is 515 cm³/mol. The monoisotopic (exact) mass is 1700 g/mol. The van der Waals surface area contributed by atoms with Crippen molar-refractivity contribution >= 4 is 79.5 Å². The summed E-state index contributed by atoms with van der Waals surface area (Å²) in [6.07, 6.45) is 9.46. The van der Waals surface area contributed by atoms with Crippen LogP contribution in [-0.2, 0) is 16.0 Å². The van der Waals surface area contributed by atoms with Crippen molar-refractivity contribution in [2.75, 3.05) is 37.0 Å². The first-order valence-corrected chi connectivity index (χ1v) is 43.0. The molecule has 670 valence electrons. The van der Waals surface area contributed by atoms with Gasteiger partial charge in [-0.1, -0.05) is 259 Å². The second-order valence-electron chi connectivity index (χ2n) is 33.4. The summed E-state index contributed by atoms with van der Waals surface area (Å²) >= 11 is 0. The number of hydrogen-bond acceptors (Lipinski definition) is 13. The van der Waals surface area contributed by atoms with E-state index in [1.54, 1.807) is 32.0 Å². The Hall–Kier alpha value is -12.0. The maximum atomic E-state index is 12.0. The molecule has 0 radical (unpaired) electrons. The molecule has 0 fully saturated rings. The smallest absolute Gasteiger partial charge is 0.251 e. The van der Waals surface area contributed by atoms with Crippen LogP contribution in [0.3, 0.4) is 0 Å². The largest absolute Gasteiger partial charge is 0.394 e. The van der Waals surface area contributed by atoms with Crippen molar-refractivity contribution in [3.05, 3.63) is 303 Å². The number of aromatic amines is 2. The van der Waals surface area contributed by atoms with Gasteiger partial charge in [-0.05, 0) is 195 Å². The van der Waals surface area contributed by atoms with Crippen LogP contribution >= 0.6 is 0 Å². The van der Waals surface area contributed by atoms with Gasteiger partial charge < -0.3 is 57.7 Å². The number of carbonyl (C=O) groups excluding carboxylic acids is 6. The zero-order chi connectivity index (χ0) is 91.9. The van der Waals surface area contributed by atoms with E-state index >= 15 is 0 Å². The minimum absolute atomic E-state index is 0. The average molecular weight is 1700 g/mol. The molecule has 0 aliphatic carbocycles. The van der Waals surface area contributed by atoms with E-state index in [9.17, 15) is 28.8 Å². The molecule has 0 bridgehead atoms. The van der Waals surface area contributed by atoms with Gasteiger partial charge in [0.05, 0.1) is 44.6 Å². The third-order valence-electron chi connectivity index (χ3n) is 20.2. The van der Waals surface area contributed by atoms with E-state index in [4.69, 9.17) is 26.2 Å². The molecule has 21 heteroatoms. The second-order valence-corrected chi connectivity index (χ2v) is 33.4. The molecule has 1 aliphatic heterocycles. The zero-order valence-corrected chi connectivity index (χ0v) is 76.5. The third-order valence-corrected chi connectivity index (χ3v) is 20.2. The highest BCUT2D eigenvalue weighted by Gasteiger charge is 2.23. The minimum atomic E-state index is -0.609. The molecule has 21 nitrogen and oxygen atoms in total. The number of benzene rings is 8. The Morgan fingerprint density at radius 2 is 0.912 bits per heavy atom. The fourth-order valence-corrected chi connectivity index (χ4v) is 13.6. The molecule has 0 spiro atoms. The summed E-state index contributed by atoms with van der Waals surface area (Å²) in [7, 11) is 0. The molecular formula is C104H139N11O10. The van der Waals surface area contributed by atoms with Crippen LogP contribution in [0.4, 0.5) is 11.4 Å². The highest BCUT2D eigenvalue weighted by molar-refractivity contribution is 6.00. The highest BCUT2D eigenvalue weighted by Crippen LogP contribution is 2.32. The lowest BCUT2D eigenvalue weighted by molar-refractivity contribution is -0.115.